The largest absolute Gasteiger partial charge is 0.569 e. The summed E-state index contributed by atoms with van der Waals surface area (Å²) in [5.41, 5.74) is 1.01. The van der Waals surface area contributed by atoms with Gasteiger partial charge in [0.2, 0.25) is 0 Å². The molecule has 4 heteroatoms. The highest BCUT2D eigenvalue weighted by Crippen LogP contribution is 2.13. The standard InChI is InChI=1S/C7H9BNO2/c1-9-6-2-4-7(5-3-6)11-8-10/h2-5,9-10H,1H3. The second-order valence-electron chi connectivity index (χ2n) is 2.00. The van der Waals surface area contributed by atoms with E-state index in [-0.39, 0.29) is 0 Å². The lowest BCUT2D eigenvalue weighted by atomic mass is 10.3. The van der Waals surface area contributed by atoms with Crippen LogP contribution in [0.4, 0.5) is 5.69 Å². The number of anilines is 1. The molecule has 0 saturated carbocycles. The molecule has 0 atom stereocenters. The van der Waals surface area contributed by atoms with Gasteiger partial charge in [-0.2, -0.15) is 0 Å². The number of benzene rings is 1. The molecule has 0 saturated heterocycles. The monoisotopic (exact) mass is 150 g/mol. The van der Waals surface area contributed by atoms with Gasteiger partial charge < -0.3 is 15.0 Å². The van der Waals surface area contributed by atoms with E-state index in [0.717, 1.165) is 5.69 Å². The Kier molecular flexibility index (Phi) is 2.80. The van der Waals surface area contributed by atoms with Gasteiger partial charge in [0, 0.05) is 12.7 Å². The zero-order chi connectivity index (χ0) is 8.10. The molecule has 0 amide bonds. The number of hydrogen-bond acceptors (Lipinski definition) is 3. The van der Waals surface area contributed by atoms with Crippen LogP contribution in [-0.2, 0) is 0 Å². The van der Waals surface area contributed by atoms with Crippen molar-refractivity contribution in [3.63, 3.8) is 0 Å². The Bertz CT molecular complexity index is 212. The van der Waals surface area contributed by atoms with Crippen LogP contribution >= 0.6 is 0 Å². The van der Waals surface area contributed by atoms with E-state index in [1.807, 2.05) is 19.2 Å². The molecule has 11 heavy (non-hydrogen) atoms. The van der Waals surface area contributed by atoms with Crippen LogP contribution in [0.25, 0.3) is 0 Å². The Morgan fingerprint density at radius 2 is 2.00 bits per heavy atom. The molecule has 0 aliphatic rings. The molecule has 0 aliphatic carbocycles. The van der Waals surface area contributed by atoms with Crippen molar-refractivity contribution in [1.29, 1.82) is 0 Å². The first-order valence-electron chi connectivity index (χ1n) is 3.27. The number of hydrogen-bond donors (Lipinski definition) is 2. The Balaban J connectivity index is 2.66. The first-order chi connectivity index (χ1) is 5.36. The molecule has 1 radical (unpaired) electrons. The zero-order valence-electron chi connectivity index (χ0n) is 6.24. The van der Waals surface area contributed by atoms with Gasteiger partial charge in [0.25, 0.3) is 0 Å². The van der Waals surface area contributed by atoms with Crippen molar-refractivity contribution in [3.05, 3.63) is 24.3 Å². The van der Waals surface area contributed by atoms with E-state index in [1.54, 1.807) is 12.1 Å². The molecule has 0 bridgehead atoms. The van der Waals surface area contributed by atoms with Crippen LogP contribution in [-0.4, -0.2) is 19.8 Å². The summed E-state index contributed by atoms with van der Waals surface area (Å²) >= 11 is 0. The second-order valence-corrected chi connectivity index (χ2v) is 2.00. The highest BCUT2D eigenvalue weighted by atomic mass is 16.5. The summed E-state index contributed by atoms with van der Waals surface area (Å²) < 4.78 is 4.71. The van der Waals surface area contributed by atoms with E-state index in [1.165, 1.54) is 0 Å². The van der Waals surface area contributed by atoms with Gasteiger partial charge in [-0.3, -0.25) is 0 Å². The van der Waals surface area contributed by atoms with E-state index in [2.05, 4.69) is 5.32 Å². The van der Waals surface area contributed by atoms with E-state index < -0.39 is 0 Å². The van der Waals surface area contributed by atoms with Crippen LogP contribution in [0.15, 0.2) is 24.3 Å². The molecule has 0 fully saturated rings. The molecule has 57 valence electrons. The van der Waals surface area contributed by atoms with Crippen molar-refractivity contribution in [2.45, 2.75) is 0 Å². The zero-order valence-corrected chi connectivity index (χ0v) is 6.24. The summed E-state index contributed by atoms with van der Waals surface area (Å²) in [7, 11) is 2.50. The maximum absolute atomic E-state index is 8.28. The van der Waals surface area contributed by atoms with Gasteiger partial charge in [-0.1, -0.05) is 0 Å². The summed E-state index contributed by atoms with van der Waals surface area (Å²) in [4.78, 5) is 0. The van der Waals surface area contributed by atoms with Crippen LogP contribution in [0.3, 0.4) is 0 Å². The van der Waals surface area contributed by atoms with E-state index >= 15 is 0 Å². The van der Waals surface area contributed by atoms with Crippen LogP contribution in [0.1, 0.15) is 0 Å². The summed E-state index contributed by atoms with van der Waals surface area (Å²) in [6, 6.07) is 7.24. The summed E-state index contributed by atoms with van der Waals surface area (Å²) in [5.74, 6) is 0.617. The molecule has 0 unspecified atom stereocenters. The smallest absolute Gasteiger partial charge is 0.537 e. The van der Waals surface area contributed by atoms with Crippen molar-refractivity contribution in [2.75, 3.05) is 12.4 Å². The second kappa shape index (κ2) is 3.88. The first-order valence-corrected chi connectivity index (χ1v) is 3.27. The number of nitrogens with one attached hydrogen (secondary N) is 1. The molecule has 0 spiro atoms. The highest BCUT2D eigenvalue weighted by Gasteiger charge is 1.92. The minimum absolute atomic E-state index is 0.617. The Morgan fingerprint density at radius 1 is 1.36 bits per heavy atom. The van der Waals surface area contributed by atoms with E-state index in [4.69, 9.17) is 9.68 Å². The van der Waals surface area contributed by atoms with Gasteiger partial charge in [-0.05, 0) is 24.3 Å². The van der Waals surface area contributed by atoms with Crippen molar-refractivity contribution >= 4 is 13.4 Å². The van der Waals surface area contributed by atoms with Gasteiger partial charge in [-0.25, -0.2) is 0 Å². The molecule has 1 rings (SSSR count). The van der Waals surface area contributed by atoms with Crippen molar-refractivity contribution in [1.82, 2.24) is 0 Å². The Hall–Kier alpha value is -1.16. The minimum atomic E-state index is 0.617. The average molecular weight is 150 g/mol. The minimum Gasteiger partial charge on any atom is -0.537 e. The van der Waals surface area contributed by atoms with Crippen molar-refractivity contribution in [3.8, 4) is 5.75 Å². The Labute approximate surface area is 66.3 Å². The molecule has 0 heterocycles. The lowest BCUT2D eigenvalue weighted by Gasteiger charge is -2.02. The molecular weight excluding hydrogens is 141 g/mol. The molecule has 3 nitrogen and oxygen atoms in total. The summed E-state index contributed by atoms with van der Waals surface area (Å²) in [6.07, 6.45) is 0. The third-order valence-electron chi connectivity index (χ3n) is 1.33. The number of rotatable bonds is 3. The fourth-order valence-electron chi connectivity index (χ4n) is 0.761. The fraction of sp³-hybridized carbons (Fsp3) is 0.143. The van der Waals surface area contributed by atoms with Crippen molar-refractivity contribution < 1.29 is 9.68 Å². The van der Waals surface area contributed by atoms with E-state index in [9.17, 15) is 0 Å². The van der Waals surface area contributed by atoms with Crippen LogP contribution in [0.2, 0.25) is 0 Å². The van der Waals surface area contributed by atoms with Crippen LogP contribution in [0, 0.1) is 0 Å². The fourth-order valence-corrected chi connectivity index (χ4v) is 0.761. The highest BCUT2D eigenvalue weighted by molar-refractivity contribution is 6.17. The normalized spacial score (nSPS) is 8.91. The van der Waals surface area contributed by atoms with Gasteiger partial charge in [-0.15, -0.1) is 0 Å². The summed E-state index contributed by atoms with van der Waals surface area (Å²) in [6.45, 7) is 0. The quantitative estimate of drug-likeness (QED) is 0.621. The van der Waals surface area contributed by atoms with Crippen molar-refractivity contribution in [2.24, 2.45) is 0 Å². The third kappa shape index (κ3) is 2.16. The lowest BCUT2D eigenvalue weighted by molar-refractivity contribution is 0.454. The van der Waals surface area contributed by atoms with Crippen LogP contribution < -0.4 is 9.97 Å². The Morgan fingerprint density at radius 3 is 2.45 bits per heavy atom. The van der Waals surface area contributed by atoms with Crippen LogP contribution in [0.5, 0.6) is 5.75 Å². The van der Waals surface area contributed by atoms with E-state index in [0.29, 0.717) is 13.4 Å². The lowest BCUT2D eigenvalue weighted by Crippen LogP contribution is -1.99. The van der Waals surface area contributed by atoms with Gasteiger partial charge >= 0.3 is 7.69 Å². The summed E-state index contributed by atoms with van der Waals surface area (Å²) in [5, 5.41) is 11.3. The van der Waals surface area contributed by atoms with Gasteiger partial charge in [0.05, 0.1) is 0 Å². The predicted octanol–water partition coefficient (Wildman–Crippen LogP) is 0.634. The molecule has 0 aromatic heterocycles. The maximum Gasteiger partial charge on any atom is 0.569 e. The molecule has 2 N–H and O–H groups in total. The first kappa shape index (κ1) is 7.95. The maximum atomic E-state index is 8.28. The topological polar surface area (TPSA) is 41.5 Å². The third-order valence-corrected chi connectivity index (χ3v) is 1.33. The SMILES string of the molecule is CNc1ccc(O[B]O)cc1. The van der Waals surface area contributed by atoms with Gasteiger partial charge in [0.1, 0.15) is 5.75 Å². The average Bonchev–Trinajstić information content (AvgIpc) is 2.07. The molecule has 1 aromatic carbocycles. The predicted molar refractivity (Wildman–Crippen MR) is 44.6 cm³/mol. The molecular formula is C7H9BNO2. The molecule has 1 aromatic rings. The van der Waals surface area contributed by atoms with Gasteiger partial charge in [0.15, 0.2) is 0 Å². The molecule has 0 aliphatic heterocycles.